The first-order chi connectivity index (χ1) is 4.56. The van der Waals surface area contributed by atoms with Crippen LogP contribution in [0, 0.1) is 0 Å². The van der Waals surface area contributed by atoms with Crippen LogP contribution in [0.5, 0.6) is 0 Å². The standard InChI is InChI=1S/C7H14O2S/c1-5-10-7(3,9-4)6(2)8/h5H2,1-4H3. The van der Waals surface area contributed by atoms with Gasteiger partial charge in [0.2, 0.25) is 0 Å². The molecule has 0 saturated heterocycles. The van der Waals surface area contributed by atoms with Crippen molar-refractivity contribution in [1.29, 1.82) is 0 Å². The van der Waals surface area contributed by atoms with Gasteiger partial charge in [0.15, 0.2) is 10.7 Å². The predicted octanol–water partition coefficient (Wildman–Crippen LogP) is 1.69. The van der Waals surface area contributed by atoms with Crippen LogP contribution in [0.4, 0.5) is 0 Å². The van der Waals surface area contributed by atoms with Crippen LogP contribution in [-0.4, -0.2) is 23.6 Å². The Morgan fingerprint density at radius 3 is 2.30 bits per heavy atom. The summed E-state index contributed by atoms with van der Waals surface area (Å²) in [6.07, 6.45) is 0. The molecule has 0 aliphatic heterocycles. The van der Waals surface area contributed by atoms with E-state index in [0.29, 0.717) is 0 Å². The summed E-state index contributed by atoms with van der Waals surface area (Å²) in [4.78, 5) is 10.3. The fourth-order valence-corrected chi connectivity index (χ4v) is 1.45. The van der Waals surface area contributed by atoms with E-state index in [9.17, 15) is 4.79 Å². The second-order valence-corrected chi connectivity index (χ2v) is 3.78. The van der Waals surface area contributed by atoms with Gasteiger partial charge in [-0.25, -0.2) is 0 Å². The number of hydrogen-bond acceptors (Lipinski definition) is 3. The lowest BCUT2D eigenvalue weighted by Crippen LogP contribution is -2.31. The SMILES string of the molecule is CCSC(C)(OC)C(C)=O. The topological polar surface area (TPSA) is 26.3 Å². The molecule has 0 spiro atoms. The molecule has 0 fully saturated rings. The van der Waals surface area contributed by atoms with Gasteiger partial charge in [0.1, 0.15) is 0 Å². The van der Waals surface area contributed by atoms with E-state index >= 15 is 0 Å². The fourth-order valence-electron chi connectivity index (χ4n) is 0.580. The van der Waals surface area contributed by atoms with Crippen molar-refractivity contribution in [3.8, 4) is 0 Å². The quantitative estimate of drug-likeness (QED) is 0.588. The third-order valence-electron chi connectivity index (χ3n) is 1.45. The zero-order valence-corrected chi connectivity index (χ0v) is 7.75. The molecule has 0 aliphatic rings. The molecule has 60 valence electrons. The van der Waals surface area contributed by atoms with Gasteiger partial charge in [-0.2, -0.15) is 0 Å². The van der Waals surface area contributed by atoms with Gasteiger partial charge in [0.05, 0.1) is 0 Å². The summed E-state index contributed by atoms with van der Waals surface area (Å²) in [5.74, 6) is 0.964. The van der Waals surface area contributed by atoms with Gasteiger partial charge in [0.25, 0.3) is 0 Å². The number of Topliss-reactive ketones (excluding diaryl/α,β-unsaturated/α-hetero) is 1. The molecule has 0 radical (unpaired) electrons. The number of rotatable bonds is 4. The summed E-state index contributed by atoms with van der Waals surface area (Å²) in [7, 11) is 1.56. The van der Waals surface area contributed by atoms with Gasteiger partial charge in [-0.1, -0.05) is 6.92 Å². The summed E-state index contributed by atoms with van der Waals surface area (Å²) >= 11 is 1.52. The molecule has 10 heavy (non-hydrogen) atoms. The Morgan fingerprint density at radius 1 is 1.70 bits per heavy atom. The van der Waals surface area contributed by atoms with Gasteiger partial charge in [-0.15, -0.1) is 11.8 Å². The number of ketones is 1. The first-order valence-corrected chi connectivity index (χ1v) is 4.25. The molecule has 0 heterocycles. The Balaban J connectivity index is 4.08. The van der Waals surface area contributed by atoms with Crippen molar-refractivity contribution < 1.29 is 9.53 Å². The first kappa shape index (κ1) is 9.98. The molecule has 1 unspecified atom stereocenters. The normalized spacial score (nSPS) is 16.4. The van der Waals surface area contributed by atoms with Crippen molar-refractivity contribution in [1.82, 2.24) is 0 Å². The summed E-state index contributed by atoms with van der Waals surface area (Å²) in [5, 5.41) is 0. The summed E-state index contributed by atoms with van der Waals surface area (Å²) in [5.41, 5.74) is 0. The van der Waals surface area contributed by atoms with Crippen LogP contribution in [0.3, 0.4) is 0 Å². The van der Waals surface area contributed by atoms with Gasteiger partial charge in [-0.3, -0.25) is 4.79 Å². The number of hydrogen-bond donors (Lipinski definition) is 0. The molecular weight excluding hydrogens is 148 g/mol. The molecule has 0 bridgehead atoms. The zero-order chi connectivity index (χ0) is 8.20. The van der Waals surface area contributed by atoms with Gasteiger partial charge >= 0.3 is 0 Å². The largest absolute Gasteiger partial charge is 0.360 e. The summed E-state index contributed by atoms with van der Waals surface area (Å²) in [6, 6.07) is 0. The predicted molar refractivity (Wildman–Crippen MR) is 44.2 cm³/mol. The lowest BCUT2D eigenvalue weighted by atomic mass is 10.3. The maximum atomic E-state index is 10.9. The second kappa shape index (κ2) is 3.98. The minimum atomic E-state index is -0.630. The highest BCUT2D eigenvalue weighted by molar-refractivity contribution is 8.01. The highest BCUT2D eigenvalue weighted by Gasteiger charge is 2.28. The van der Waals surface area contributed by atoms with Crippen LogP contribution in [-0.2, 0) is 9.53 Å². The van der Waals surface area contributed by atoms with Crippen molar-refractivity contribution in [3.05, 3.63) is 0 Å². The van der Waals surface area contributed by atoms with Crippen LogP contribution >= 0.6 is 11.8 Å². The molecule has 0 aromatic carbocycles. The Hall–Kier alpha value is -0.0200. The minimum Gasteiger partial charge on any atom is -0.360 e. The maximum absolute atomic E-state index is 10.9. The molecule has 0 aromatic heterocycles. The number of ether oxygens (including phenoxy) is 1. The van der Waals surface area contributed by atoms with Gasteiger partial charge in [-0.05, 0) is 19.6 Å². The minimum absolute atomic E-state index is 0.0712. The zero-order valence-electron chi connectivity index (χ0n) is 6.93. The molecule has 3 heteroatoms. The average molecular weight is 162 g/mol. The highest BCUT2D eigenvalue weighted by Crippen LogP contribution is 2.25. The monoisotopic (exact) mass is 162 g/mol. The van der Waals surface area contributed by atoms with Crippen molar-refractivity contribution in [2.45, 2.75) is 25.7 Å². The van der Waals surface area contributed by atoms with Crippen LogP contribution < -0.4 is 0 Å². The molecule has 1 atom stereocenters. The van der Waals surface area contributed by atoms with E-state index in [-0.39, 0.29) is 5.78 Å². The van der Waals surface area contributed by atoms with Crippen molar-refractivity contribution in [2.24, 2.45) is 0 Å². The van der Waals surface area contributed by atoms with Crippen LogP contribution in [0.2, 0.25) is 0 Å². The molecule has 0 amide bonds. The summed E-state index contributed by atoms with van der Waals surface area (Å²) in [6.45, 7) is 5.35. The smallest absolute Gasteiger partial charge is 0.171 e. The molecule has 2 nitrogen and oxygen atoms in total. The van der Waals surface area contributed by atoms with Crippen LogP contribution in [0.25, 0.3) is 0 Å². The van der Waals surface area contributed by atoms with Crippen molar-refractivity contribution in [3.63, 3.8) is 0 Å². The van der Waals surface area contributed by atoms with Crippen LogP contribution in [0.15, 0.2) is 0 Å². The van der Waals surface area contributed by atoms with E-state index < -0.39 is 4.93 Å². The average Bonchev–Trinajstić information content (AvgIpc) is 1.88. The third kappa shape index (κ3) is 2.31. The summed E-state index contributed by atoms with van der Waals surface area (Å²) < 4.78 is 5.05. The first-order valence-electron chi connectivity index (χ1n) is 3.27. The molecule has 0 N–H and O–H groups in total. The van der Waals surface area contributed by atoms with Gasteiger partial charge < -0.3 is 4.74 Å². The fraction of sp³-hybridized carbons (Fsp3) is 0.857. The lowest BCUT2D eigenvalue weighted by molar-refractivity contribution is -0.128. The maximum Gasteiger partial charge on any atom is 0.171 e. The number of carbonyl (C=O) groups is 1. The Morgan fingerprint density at radius 2 is 2.20 bits per heavy atom. The Bertz CT molecular complexity index is 125. The van der Waals surface area contributed by atoms with E-state index in [1.165, 1.54) is 11.8 Å². The molecule has 0 aliphatic carbocycles. The molecule has 0 saturated carbocycles. The lowest BCUT2D eigenvalue weighted by Gasteiger charge is -2.23. The second-order valence-electron chi connectivity index (χ2n) is 2.14. The molecular formula is C7H14O2S. The van der Waals surface area contributed by atoms with E-state index in [1.807, 2.05) is 6.92 Å². The number of methoxy groups -OCH3 is 1. The van der Waals surface area contributed by atoms with E-state index in [4.69, 9.17) is 4.74 Å². The van der Waals surface area contributed by atoms with Gasteiger partial charge in [0, 0.05) is 7.11 Å². The highest BCUT2D eigenvalue weighted by atomic mass is 32.2. The Kier molecular flexibility index (Phi) is 3.98. The molecule has 0 rings (SSSR count). The third-order valence-corrected chi connectivity index (χ3v) is 2.74. The van der Waals surface area contributed by atoms with Crippen LogP contribution in [0.1, 0.15) is 20.8 Å². The van der Waals surface area contributed by atoms with Crippen molar-refractivity contribution >= 4 is 17.5 Å². The number of thioether (sulfide) groups is 1. The Labute approximate surface area is 66.3 Å². The van der Waals surface area contributed by atoms with Crippen molar-refractivity contribution in [2.75, 3.05) is 12.9 Å². The van der Waals surface area contributed by atoms with E-state index in [1.54, 1.807) is 21.0 Å². The van der Waals surface area contributed by atoms with E-state index in [0.717, 1.165) is 5.75 Å². The molecule has 0 aromatic rings. The number of carbonyl (C=O) groups excluding carboxylic acids is 1. The van der Waals surface area contributed by atoms with E-state index in [2.05, 4.69) is 0 Å².